The number of hydrogen-bond acceptors (Lipinski definition) is 6. The fourth-order valence-electron chi connectivity index (χ4n) is 3.97. The van der Waals surface area contributed by atoms with E-state index in [-0.39, 0.29) is 5.91 Å². The van der Waals surface area contributed by atoms with Gasteiger partial charge in [0, 0.05) is 26.2 Å². The van der Waals surface area contributed by atoms with E-state index in [1.165, 1.54) is 5.56 Å². The molecule has 7 nitrogen and oxygen atoms in total. The summed E-state index contributed by atoms with van der Waals surface area (Å²) in [6, 6.07) is 13.8. The van der Waals surface area contributed by atoms with Crippen LogP contribution in [0.4, 0.5) is 0 Å². The van der Waals surface area contributed by atoms with Gasteiger partial charge in [-0.1, -0.05) is 29.8 Å². The molecular formula is C25H29N3O4. The van der Waals surface area contributed by atoms with E-state index in [1.807, 2.05) is 36.1 Å². The molecule has 0 bridgehead atoms. The summed E-state index contributed by atoms with van der Waals surface area (Å²) in [5.41, 5.74) is 3.93. The molecule has 1 aliphatic rings. The van der Waals surface area contributed by atoms with Crippen molar-refractivity contribution in [1.82, 2.24) is 14.8 Å². The highest BCUT2D eigenvalue weighted by molar-refractivity contribution is 5.79. The third kappa shape index (κ3) is 4.78. The zero-order valence-corrected chi connectivity index (χ0v) is 19.1. The Morgan fingerprint density at radius 3 is 2.59 bits per heavy atom. The number of methoxy groups -OCH3 is 2. The normalized spacial score (nSPS) is 14.6. The molecule has 2 heterocycles. The average Bonchev–Trinajstić information content (AvgIpc) is 3.15. The van der Waals surface area contributed by atoms with Crippen LogP contribution >= 0.6 is 0 Å². The molecule has 1 fully saturated rings. The van der Waals surface area contributed by atoms with Crippen LogP contribution in [-0.2, 0) is 17.9 Å². The van der Waals surface area contributed by atoms with Crippen LogP contribution in [0.1, 0.15) is 22.6 Å². The van der Waals surface area contributed by atoms with Crippen molar-refractivity contribution in [2.45, 2.75) is 26.9 Å². The van der Waals surface area contributed by atoms with Crippen molar-refractivity contribution in [3.05, 3.63) is 65.0 Å². The third-order valence-electron chi connectivity index (χ3n) is 5.76. The zero-order chi connectivity index (χ0) is 22.7. The second kappa shape index (κ2) is 9.44. The number of rotatable bonds is 7. The van der Waals surface area contributed by atoms with Gasteiger partial charge in [0.2, 0.25) is 11.8 Å². The highest BCUT2D eigenvalue weighted by atomic mass is 16.5. The molecule has 0 spiro atoms. The average molecular weight is 436 g/mol. The van der Waals surface area contributed by atoms with Crippen LogP contribution in [0.3, 0.4) is 0 Å². The monoisotopic (exact) mass is 435 g/mol. The van der Waals surface area contributed by atoms with Crippen molar-refractivity contribution in [3.8, 4) is 23.0 Å². The van der Waals surface area contributed by atoms with E-state index in [9.17, 15) is 4.79 Å². The van der Waals surface area contributed by atoms with Gasteiger partial charge in [-0.05, 0) is 37.6 Å². The minimum atomic E-state index is 0.133. The number of carbonyl (C=O) groups excluding carboxylic acids is 1. The number of aromatic nitrogens is 1. The molecule has 0 radical (unpaired) electrons. The topological polar surface area (TPSA) is 68.0 Å². The van der Waals surface area contributed by atoms with Crippen LogP contribution in [-0.4, -0.2) is 54.5 Å². The number of aryl methyl sites for hydroxylation is 2. The van der Waals surface area contributed by atoms with E-state index in [2.05, 4.69) is 30.0 Å². The van der Waals surface area contributed by atoms with Crippen LogP contribution in [0.15, 0.2) is 46.9 Å². The molecule has 1 aromatic heterocycles. The van der Waals surface area contributed by atoms with Crippen molar-refractivity contribution in [1.29, 1.82) is 0 Å². The van der Waals surface area contributed by atoms with Crippen molar-refractivity contribution in [2.24, 2.45) is 0 Å². The quantitative estimate of drug-likeness (QED) is 0.562. The van der Waals surface area contributed by atoms with Crippen LogP contribution in [0.5, 0.6) is 11.5 Å². The van der Waals surface area contributed by atoms with Crippen molar-refractivity contribution >= 4 is 5.91 Å². The molecule has 0 unspecified atom stereocenters. The molecule has 2 aromatic carbocycles. The molecule has 168 valence electrons. The van der Waals surface area contributed by atoms with Gasteiger partial charge >= 0.3 is 0 Å². The lowest BCUT2D eigenvalue weighted by Crippen LogP contribution is -2.49. The highest BCUT2D eigenvalue weighted by Crippen LogP contribution is 2.34. The van der Waals surface area contributed by atoms with Gasteiger partial charge in [-0.15, -0.1) is 0 Å². The number of nitrogens with zero attached hydrogens (tertiary/aromatic N) is 3. The van der Waals surface area contributed by atoms with E-state index in [0.29, 0.717) is 43.6 Å². The molecule has 1 saturated heterocycles. The Morgan fingerprint density at radius 1 is 1.03 bits per heavy atom. The zero-order valence-electron chi connectivity index (χ0n) is 19.1. The number of amides is 1. The number of benzene rings is 2. The first kappa shape index (κ1) is 21.9. The number of ether oxygens (including phenoxy) is 2. The first-order chi connectivity index (χ1) is 15.5. The maximum Gasteiger partial charge on any atom is 0.237 e. The van der Waals surface area contributed by atoms with Crippen LogP contribution in [0.25, 0.3) is 11.5 Å². The molecule has 32 heavy (non-hydrogen) atoms. The first-order valence-corrected chi connectivity index (χ1v) is 10.7. The Labute approximate surface area is 188 Å². The van der Waals surface area contributed by atoms with E-state index < -0.39 is 0 Å². The van der Waals surface area contributed by atoms with Crippen molar-refractivity contribution in [3.63, 3.8) is 0 Å². The Hall–Kier alpha value is -3.32. The lowest BCUT2D eigenvalue weighted by molar-refractivity contribution is -0.136. The number of oxazole rings is 1. The smallest absolute Gasteiger partial charge is 0.237 e. The summed E-state index contributed by atoms with van der Waals surface area (Å²) in [5.74, 6) is 2.72. The predicted octanol–water partition coefficient (Wildman–Crippen LogP) is 3.82. The van der Waals surface area contributed by atoms with Crippen LogP contribution < -0.4 is 9.47 Å². The third-order valence-corrected chi connectivity index (χ3v) is 5.76. The van der Waals surface area contributed by atoms with Gasteiger partial charge < -0.3 is 18.8 Å². The summed E-state index contributed by atoms with van der Waals surface area (Å²) in [6.07, 6.45) is 0. The second-order valence-corrected chi connectivity index (χ2v) is 8.10. The van der Waals surface area contributed by atoms with Gasteiger partial charge in [0.05, 0.1) is 32.0 Å². The number of piperazine rings is 1. The number of hydrogen-bond donors (Lipinski definition) is 0. The van der Waals surface area contributed by atoms with Gasteiger partial charge in [-0.3, -0.25) is 9.69 Å². The highest BCUT2D eigenvalue weighted by Gasteiger charge is 2.26. The maximum absolute atomic E-state index is 12.8. The van der Waals surface area contributed by atoms with Crippen molar-refractivity contribution < 1.29 is 18.7 Å². The Kier molecular flexibility index (Phi) is 6.46. The summed E-state index contributed by atoms with van der Waals surface area (Å²) in [7, 11) is 3.23. The minimum Gasteiger partial charge on any atom is -0.497 e. The fourth-order valence-corrected chi connectivity index (χ4v) is 3.97. The lowest BCUT2D eigenvalue weighted by atomic mass is 10.1. The molecule has 0 atom stereocenters. The minimum absolute atomic E-state index is 0.133. The summed E-state index contributed by atoms with van der Waals surface area (Å²) < 4.78 is 16.7. The Morgan fingerprint density at radius 2 is 1.88 bits per heavy atom. The van der Waals surface area contributed by atoms with Gasteiger partial charge in [0.25, 0.3) is 0 Å². The Balaban J connectivity index is 1.44. The van der Waals surface area contributed by atoms with E-state index in [1.54, 1.807) is 14.2 Å². The SMILES string of the molecule is COc1ccc(OC)c(-c2nc(CN3CCN(Cc4cccc(C)c4)C(=O)C3)c(C)o2)c1. The molecule has 7 heteroatoms. The van der Waals surface area contributed by atoms with Gasteiger partial charge in [-0.2, -0.15) is 0 Å². The molecule has 3 aromatic rings. The van der Waals surface area contributed by atoms with Crippen LogP contribution in [0.2, 0.25) is 0 Å². The predicted molar refractivity (Wildman–Crippen MR) is 122 cm³/mol. The summed E-state index contributed by atoms with van der Waals surface area (Å²) in [4.78, 5) is 21.5. The first-order valence-electron chi connectivity index (χ1n) is 10.7. The van der Waals surface area contributed by atoms with E-state index in [0.717, 1.165) is 29.1 Å². The summed E-state index contributed by atoms with van der Waals surface area (Å²) in [6.45, 7) is 7.04. The molecule has 0 aliphatic carbocycles. The standard InChI is InChI=1S/C25H29N3O4/c1-17-6-5-7-19(12-17)14-28-11-10-27(16-24(28)29)15-22-18(2)32-25(26-22)21-13-20(30-3)8-9-23(21)31-4/h5-9,12-13H,10-11,14-16H2,1-4H3. The largest absolute Gasteiger partial charge is 0.497 e. The molecule has 4 rings (SSSR count). The summed E-state index contributed by atoms with van der Waals surface area (Å²) >= 11 is 0. The molecule has 1 amide bonds. The lowest BCUT2D eigenvalue weighted by Gasteiger charge is -2.34. The van der Waals surface area contributed by atoms with E-state index >= 15 is 0 Å². The molecule has 1 aliphatic heterocycles. The van der Waals surface area contributed by atoms with Crippen LogP contribution in [0, 0.1) is 13.8 Å². The molecular weight excluding hydrogens is 406 g/mol. The van der Waals surface area contributed by atoms with Crippen molar-refractivity contribution in [2.75, 3.05) is 33.9 Å². The molecule has 0 N–H and O–H groups in total. The van der Waals surface area contributed by atoms with Gasteiger partial charge in [0.15, 0.2) is 0 Å². The molecule has 0 saturated carbocycles. The maximum atomic E-state index is 12.8. The van der Waals surface area contributed by atoms with Gasteiger partial charge in [0.1, 0.15) is 17.3 Å². The Bertz CT molecular complexity index is 1110. The number of carbonyl (C=O) groups is 1. The summed E-state index contributed by atoms with van der Waals surface area (Å²) in [5, 5.41) is 0. The van der Waals surface area contributed by atoms with Gasteiger partial charge in [-0.25, -0.2) is 4.98 Å². The van der Waals surface area contributed by atoms with E-state index in [4.69, 9.17) is 18.9 Å². The fraction of sp³-hybridized carbons (Fsp3) is 0.360. The second-order valence-electron chi connectivity index (χ2n) is 8.10.